The van der Waals surface area contributed by atoms with Crippen molar-refractivity contribution in [1.82, 2.24) is 0 Å². The van der Waals surface area contributed by atoms with Crippen molar-refractivity contribution in [2.45, 2.75) is 25.3 Å². The molecule has 0 saturated heterocycles. The summed E-state index contributed by atoms with van der Waals surface area (Å²) in [6.07, 6.45) is 0.230. The van der Waals surface area contributed by atoms with Gasteiger partial charge >= 0.3 is 0 Å². The van der Waals surface area contributed by atoms with Crippen molar-refractivity contribution < 1.29 is 9.18 Å². The van der Waals surface area contributed by atoms with E-state index in [4.69, 9.17) is 0 Å². The van der Waals surface area contributed by atoms with Crippen LogP contribution >= 0.6 is 0 Å². The molecule has 3 heteroatoms. The third-order valence-corrected chi connectivity index (χ3v) is 4.28. The van der Waals surface area contributed by atoms with E-state index in [0.29, 0.717) is 6.54 Å². The molecule has 0 fully saturated rings. The number of fused-ring (bicyclic) bond motifs is 1. The number of halogens is 1. The highest BCUT2D eigenvalue weighted by Gasteiger charge is 2.46. The van der Waals surface area contributed by atoms with E-state index < -0.39 is 12.1 Å². The summed E-state index contributed by atoms with van der Waals surface area (Å²) in [7, 11) is 0. The Kier molecular flexibility index (Phi) is 3.50. The van der Waals surface area contributed by atoms with Crippen molar-refractivity contribution >= 4 is 11.6 Å². The van der Waals surface area contributed by atoms with Crippen molar-refractivity contribution in [3.05, 3.63) is 65.7 Å². The summed E-state index contributed by atoms with van der Waals surface area (Å²) in [5, 5.41) is 0. The minimum Gasteiger partial charge on any atom is -0.307 e. The molecule has 1 amide bonds. The molecule has 1 aliphatic heterocycles. The summed E-state index contributed by atoms with van der Waals surface area (Å²) in [6, 6.07) is 17.6. The van der Waals surface area contributed by atoms with Gasteiger partial charge in [-0.2, -0.15) is 0 Å². The first-order chi connectivity index (χ1) is 10.2. The zero-order valence-corrected chi connectivity index (χ0v) is 12.1. The van der Waals surface area contributed by atoms with E-state index in [1.54, 1.807) is 4.90 Å². The first-order valence-corrected chi connectivity index (χ1v) is 7.18. The minimum atomic E-state index is -0.750. The Bertz CT molecular complexity index is 655. The maximum atomic E-state index is 12.9. The van der Waals surface area contributed by atoms with Gasteiger partial charge in [0.15, 0.2) is 0 Å². The van der Waals surface area contributed by atoms with Crippen LogP contribution in [0.15, 0.2) is 54.6 Å². The molecule has 0 saturated carbocycles. The van der Waals surface area contributed by atoms with Crippen LogP contribution in [0.25, 0.3) is 0 Å². The zero-order chi connectivity index (χ0) is 14.9. The Morgan fingerprint density at radius 2 is 1.71 bits per heavy atom. The molecule has 0 spiro atoms. The Balaban J connectivity index is 2.01. The van der Waals surface area contributed by atoms with Crippen LogP contribution in [0.4, 0.5) is 10.1 Å². The maximum Gasteiger partial charge on any atom is 0.237 e. The van der Waals surface area contributed by atoms with Crippen LogP contribution in [0, 0.1) is 0 Å². The molecule has 108 valence electrons. The summed E-state index contributed by atoms with van der Waals surface area (Å²) < 4.78 is 12.9. The predicted molar refractivity (Wildman–Crippen MR) is 82.0 cm³/mol. The number of rotatable bonds is 4. The van der Waals surface area contributed by atoms with Gasteiger partial charge in [-0.05, 0) is 30.5 Å². The van der Waals surface area contributed by atoms with E-state index in [9.17, 15) is 9.18 Å². The molecule has 0 bridgehead atoms. The van der Waals surface area contributed by atoms with Gasteiger partial charge in [0.1, 0.15) is 0 Å². The first-order valence-electron chi connectivity index (χ1n) is 7.18. The van der Waals surface area contributed by atoms with E-state index in [1.807, 2.05) is 61.5 Å². The molecular weight excluding hydrogens is 265 g/mol. The summed E-state index contributed by atoms with van der Waals surface area (Å²) >= 11 is 0. The monoisotopic (exact) mass is 283 g/mol. The number of nitrogens with zero attached hydrogens (tertiary/aromatic N) is 1. The number of amides is 1. The van der Waals surface area contributed by atoms with Gasteiger partial charge in [0.05, 0.1) is 18.6 Å². The SMILES string of the molecule is CC1(CCF)C(=O)N(Cc2ccccc2)c2ccccc21. The highest BCUT2D eigenvalue weighted by atomic mass is 19.1. The number of hydrogen-bond acceptors (Lipinski definition) is 1. The molecule has 0 N–H and O–H groups in total. The van der Waals surface area contributed by atoms with E-state index in [1.165, 1.54) is 0 Å². The van der Waals surface area contributed by atoms with E-state index >= 15 is 0 Å². The van der Waals surface area contributed by atoms with Crippen molar-refractivity contribution in [2.75, 3.05) is 11.6 Å². The first kappa shape index (κ1) is 13.8. The molecule has 0 radical (unpaired) electrons. The quantitative estimate of drug-likeness (QED) is 0.834. The maximum absolute atomic E-state index is 12.9. The fourth-order valence-corrected chi connectivity index (χ4v) is 3.05. The van der Waals surface area contributed by atoms with Crippen LogP contribution in [0.2, 0.25) is 0 Å². The van der Waals surface area contributed by atoms with Crippen molar-refractivity contribution in [3.63, 3.8) is 0 Å². The number of alkyl halides is 1. The molecule has 1 atom stereocenters. The third kappa shape index (κ3) is 2.23. The number of para-hydroxylation sites is 1. The molecule has 0 aliphatic carbocycles. The standard InChI is InChI=1S/C18H18FNO/c1-18(11-12-19)15-9-5-6-10-16(15)20(17(18)21)13-14-7-3-2-4-8-14/h2-10H,11-13H2,1H3. The smallest absolute Gasteiger partial charge is 0.237 e. The summed E-state index contributed by atoms with van der Waals surface area (Å²) in [5.41, 5.74) is 2.16. The zero-order valence-electron chi connectivity index (χ0n) is 12.1. The van der Waals surface area contributed by atoms with Gasteiger partial charge in [0, 0.05) is 5.69 Å². The second kappa shape index (κ2) is 5.32. The summed E-state index contributed by atoms with van der Waals surface area (Å²) in [4.78, 5) is 14.6. The predicted octanol–water partition coefficient (Wildman–Crippen LogP) is 3.85. The van der Waals surface area contributed by atoms with Gasteiger partial charge in [-0.3, -0.25) is 9.18 Å². The highest BCUT2D eigenvalue weighted by molar-refractivity contribution is 6.07. The van der Waals surface area contributed by atoms with Crippen LogP contribution in [0.5, 0.6) is 0 Å². The third-order valence-electron chi connectivity index (χ3n) is 4.28. The lowest BCUT2D eigenvalue weighted by Gasteiger charge is -2.23. The van der Waals surface area contributed by atoms with E-state index in [2.05, 4.69) is 0 Å². The van der Waals surface area contributed by atoms with Crippen LogP contribution in [-0.2, 0) is 16.8 Å². The van der Waals surface area contributed by atoms with Gasteiger partial charge in [-0.15, -0.1) is 0 Å². The van der Waals surface area contributed by atoms with Crippen LogP contribution < -0.4 is 4.90 Å². The van der Waals surface area contributed by atoms with Crippen molar-refractivity contribution in [3.8, 4) is 0 Å². The average Bonchev–Trinajstić information content (AvgIpc) is 2.72. The molecule has 1 heterocycles. The van der Waals surface area contributed by atoms with Gasteiger partial charge < -0.3 is 4.90 Å². The molecule has 0 aromatic heterocycles. The van der Waals surface area contributed by atoms with Crippen LogP contribution in [0.1, 0.15) is 24.5 Å². The van der Waals surface area contributed by atoms with Crippen LogP contribution in [0.3, 0.4) is 0 Å². The highest BCUT2D eigenvalue weighted by Crippen LogP contribution is 2.44. The molecule has 2 aromatic rings. The topological polar surface area (TPSA) is 20.3 Å². The minimum absolute atomic E-state index is 0.00907. The molecule has 21 heavy (non-hydrogen) atoms. The summed E-state index contributed by atoms with van der Waals surface area (Å²) in [5.74, 6) is -0.00907. The fraction of sp³-hybridized carbons (Fsp3) is 0.278. The lowest BCUT2D eigenvalue weighted by Crippen LogP contribution is -2.38. The van der Waals surface area contributed by atoms with E-state index in [0.717, 1.165) is 16.8 Å². The van der Waals surface area contributed by atoms with Crippen molar-refractivity contribution in [1.29, 1.82) is 0 Å². The number of carbonyl (C=O) groups excluding carboxylic acids is 1. The Morgan fingerprint density at radius 1 is 1.05 bits per heavy atom. The second-order valence-electron chi connectivity index (χ2n) is 5.67. The Labute approximate surface area is 124 Å². The lowest BCUT2D eigenvalue weighted by molar-refractivity contribution is -0.123. The number of anilines is 1. The van der Waals surface area contributed by atoms with Crippen molar-refractivity contribution in [2.24, 2.45) is 0 Å². The normalized spacial score (nSPS) is 20.7. The molecular formula is C18H18FNO. The fourth-order valence-electron chi connectivity index (χ4n) is 3.05. The Morgan fingerprint density at radius 3 is 2.43 bits per heavy atom. The molecule has 2 aromatic carbocycles. The van der Waals surface area contributed by atoms with Gasteiger partial charge in [0.25, 0.3) is 0 Å². The summed E-state index contributed by atoms with van der Waals surface area (Å²) in [6.45, 7) is 1.88. The van der Waals surface area contributed by atoms with Gasteiger partial charge in [0.2, 0.25) is 5.91 Å². The molecule has 3 rings (SSSR count). The molecule has 1 aliphatic rings. The molecule has 1 unspecified atom stereocenters. The number of carbonyl (C=O) groups is 1. The van der Waals surface area contributed by atoms with Gasteiger partial charge in [-0.25, -0.2) is 0 Å². The van der Waals surface area contributed by atoms with Gasteiger partial charge in [-0.1, -0.05) is 48.5 Å². The average molecular weight is 283 g/mol. The largest absolute Gasteiger partial charge is 0.307 e. The second-order valence-corrected chi connectivity index (χ2v) is 5.67. The molecule has 2 nitrogen and oxygen atoms in total. The Hall–Kier alpha value is -2.16. The number of benzene rings is 2. The lowest BCUT2D eigenvalue weighted by atomic mass is 9.81. The van der Waals surface area contributed by atoms with Crippen LogP contribution in [-0.4, -0.2) is 12.6 Å². The number of hydrogen-bond donors (Lipinski definition) is 0. The van der Waals surface area contributed by atoms with E-state index in [-0.39, 0.29) is 12.3 Å².